The van der Waals surface area contributed by atoms with E-state index >= 15 is 0 Å². The highest BCUT2D eigenvalue weighted by atomic mass is 16.3. The van der Waals surface area contributed by atoms with Gasteiger partial charge in [-0.1, -0.05) is 12.1 Å². The van der Waals surface area contributed by atoms with Gasteiger partial charge in [-0.15, -0.1) is 0 Å². The third-order valence-electron chi connectivity index (χ3n) is 2.24. The van der Waals surface area contributed by atoms with Crippen LogP contribution in [0.4, 0.5) is 0 Å². The number of nitrogens with zero attached hydrogens (tertiary/aromatic N) is 1. The van der Waals surface area contributed by atoms with E-state index in [4.69, 9.17) is 0 Å². The maximum atomic E-state index is 10.8. The summed E-state index contributed by atoms with van der Waals surface area (Å²) in [5.74, 6) is -1.30. The molecular formula is C11H9NO4. The van der Waals surface area contributed by atoms with Crippen LogP contribution in [0.1, 0.15) is 10.4 Å². The van der Waals surface area contributed by atoms with Crippen LogP contribution in [0, 0.1) is 0 Å². The van der Waals surface area contributed by atoms with E-state index in [0.717, 1.165) is 10.6 Å². The number of aromatic hydroxyl groups is 3. The summed E-state index contributed by atoms with van der Waals surface area (Å²) in [5.41, 5.74) is 0.594. The molecule has 0 atom stereocenters. The molecular weight excluding hydrogens is 210 g/mol. The van der Waals surface area contributed by atoms with Gasteiger partial charge in [-0.25, -0.2) is 4.57 Å². The Morgan fingerprint density at radius 1 is 1.12 bits per heavy atom. The van der Waals surface area contributed by atoms with Crippen molar-refractivity contribution in [2.24, 2.45) is 0 Å². The lowest BCUT2D eigenvalue weighted by Crippen LogP contribution is -1.97. The average Bonchev–Trinajstić information content (AvgIpc) is 2.53. The van der Waals surface area contributed by atoms with Crippen LogP contribution in [-0.4, -0.2) is 26.2 Å². The summed E-state index contributed by atoms with van der Waals surface area (Å²) >= 11 is 0. The van der Waals surface area contributed by atoms with Crippen molar-refractivity contribution >= 4 is 6.29 Å². The lowest BCUT2D eigenvalue weighted by atomic mass is 10.2. The van der Waals surface area contributed by atoms with Crippen LogP contribution in [0.25, 0.3) is 5.69 Å². The van der Waals surface area contributed by atoms with Crippen LogP contribution < -0.4 is 0 Å². The van der Waals surface area contributed by atoms with E-state index in [2.05, 4.69) is 0 Å². The molecule has 0 fully saturated rings. The first-order valence-corrected chi connectivity index (χ1v) is 4.52. The van der Waals surface area contributed by atoms with Gasteiger partial charge in [0.15, 0.2) is 12.0 Å². The molecule has 2 rings (SSSR count). The predicted octanol–water partition coefficient (Wildman–Crippen LogP) is 1.41. The first-order valence-electron chi connectivity index (χ1n) is 4.52. The fourth-order valence-corrected chi connectivity index (χ4v) is 1.50. The molecule has 0 aliphatic rings. The van der Waals surface area contributed by atoms with E-state index in [1.54, 1.807) is 18.2 Å². The van der Waals surface area contributed by atoms with Crippen LogP contribution in [0.3, 0.4) is 0 Å². The molecule has 1 aromatic carbocycles. The number of rotatable bonds is 2. The van der Waals surface area contributed by atoms with Gasteiger partial charge in [0.05, 0.1) is 5.69 Å². The summed E-state index contributed by atoms with van der Waals surface area (Å²) in [6.07, 6.45) is 0.602. The Balaban J connectivity index is 2.71. The number of aromatic nitrogens is 1. The van der Waals surface area contributed by atoms with Gasteiger partial charge < -0.3 is 15.3 Å². The molecule has 0 saturated carbocycles. The van der Waals surface area contributed by atoms with Crippen LogP contribution in [0.15, 0.2) is 30.3 Å². The molecule has 2 aromatic rings. The van der Waals surface area contributed by atoms with Gasteiger partial charge in [-0.05, 0) is 12.1 Å². The number of hydrogen-bond acceptors (Lipinski definition) is 4. The molecule has 0 spiro atoms. The lowest BCUT2D eigenvalue weighted by molar-refractivity contribution is 0.112. The van der Waals surface area contributed by atoms with Crippen LogP contribution >= 0.6 is 0 Å². The van der Waals surface area contributed by atoms with Crippen molar-refractivity contribution in [1.29, 1.82) is 0 Å². The van der Waals surface area contributed by atoms with Gasteiger partial charge in [-0.3, -0.25) is 4.79 Å². The zero-order valence-electron chi connectivity index (χ0n) is 8.16. The molecule has 3 N–H and O–H groups in total. The highest BCUT2D eigenvalue weighted by Crippen LogP contribution is 2.36. The van der Waals surface area contributed by atoms with Crippen LogP contribution in [0.5, 0.6) is 17.5 Å². The molecule has 1 aromatic heterocycles. The predicted molar refractivity (Wildman–Crippen MR) is 56.2 cm³/mol. The monoisotopic (exact) mass is 219 g/mol. The molecule has 0 bridgehead atoms. The number of para-hydroxylation sites is 1. The second-order valence-corrected chi connectivity index (χ2v) is 3.22. The highest BCUT2D eigenvalue weighted by Gasteiger charge is 2.16. The van der Waals surface area contributed by atoms with Gasteiger partial charge in [0, 0.05) is 11.6 Å². The van der Waals surface area contributed by atoms with E-state index in [1.807, 2.05) is 0 Å². The molecule has 0 aliphatic heterocycles. The number of carbonyl (C=O) groups excluding carboxylic acids is 1. The van der Waals surface area contributed by atoms with Gasteiger partial charge in [0.25, 0.3) is 0 Å². The third kappa shape index (κ3) is 1.38. The zero-order chi connectivity index (χ0) is 11.7. The summed E-state index contributed by atoms with van der Waals surface area (Å²) in [7, 11) is 0. The van der Waals surface area contributed by atoms with Crippen molar-refractivity contribution in [2.75, 3.05) is 0 Å². The van der Waals surface area contributed by atoms with E-state index in [1.165, 1.54) is 6.07 Å². The minimum atomic E-state index is -0.508. The Kier molecular flexibility index (Phi) is 2.28. The van der Waals surface area contributed by atoms with E-state index in [9.17, 15) is 20.1 Å². The van der Waals surface area contributed by atoms with Crippen molar-refractivity contribution in [1.82, 2.24) is 4.57 Å². The quantitative estimate of drug-likeness (QED) is 0.667. The standard InChI is InChI=1S/C11H9NO4/c13-6-7-3-1-2-4-8(7)12-10(15)5-9(14)11(12)16/h1-6,14-16H. The number of hydrogen-bond donors (Lipinski definition) is 3. The number of benzene rings is 1. The summed E-state index contributed by atoms with van der Waals surface area (Å²) in [6.45, 7) is 0. The van der Waals surface area contributed by atoms with Crippen molar-refractivity contribution in [3.8, 4) is 23.2 Å². The number of carbonyl (C=O) groups is 1. The first kappa shape index (κ1) is 10.1. The first-order chi connectivity index (χ1) is 7.65. The van der Waals surface area contributed by atoms with Crippen molar-refractivity contribution < 1.29 is 20.1 Å². The molecule has 82 valence electrons. The SMILES string of the molecule is O=Cc1ccccc1-n1c(O)cc(O)c1O. The third-order valence-corrected chi connectivity index (χ3v) is 2.24. The Morgan fingerprint density at radius 3 is 2.38 bits per heavy atom. The van der Waals surface area contributed by atoms with E-state index < -0.39 is 11.6 Å². The molecule has 0 unspecified atom stereocenters. The van der Waals surface area contributed by atoms with E-state index in [0.29, 0.717) is 17.5 Å². The number of aldehydes is 1. The Bertz CT molecular complexity index is 545. The molecule has 5 heteroatoms. The van der Waals surface area contributed by atoms with Crippen LogP contribution in [0.2, 0.25) is 0 Å². The molecule has 5 nitrogen and oxygen atoms in total. The summed E-state index contributed by atoms with van der Waals surface area (Å²) < 4.78 is 0.985. The fourth-order valence-electron chi connectivity index (χ4n) is 1.50. The molecule has 16 heavy (non-hydrogen) atoms. The van der Waals surface area contributed by atoms with Gasteiger partial charge >= 0.3 is 0 Å². The topological polar surface area (TPSA) is 82.7 Å². The second kappa shape index (κ2) is 3.62. The summed E-state index contributed by atoms with van der Waals surface area (Å²) in [6, 6.07) is 7.39. The Labute approximate surface area is 90.8 Å². The van der Waals surface area contributed by atoms with Crippen molar-refractivity contribution in [3.63, 3.8) is 0 Å². The second-order valence-electron chi connectivity index (χ2n) is 3.22. The van der Waals surface area contributed by atoms with Crippen molar-refractivity contribution in [3.05, 3.63) is 35.9 Å². The molecule has 0 radical (unpaired) electrons. The molecule has 0 amide bonds. The average molecular weight is 219 g/mol. The van der Waals surface area contributed by atoms with Crippen LogP contribution in [-0.2, 0) is 0 Å². The summed E-state index contributed by atoms with van der Waals surface area (Å²) in [4.78, 5) is 10.8. The molecule has 0 saturated heterocycles. The largest absolute Gasteiger partial charge is 0.503 e. The zero-order valence-corrected chi connectivity index (χ0v) is 8.16. The minimum Gasteiger partial charge on any atom is -0.503 e. The Hall–Kier alpha value is -2.43. The van der Waals surface area contributed by atoms with Gasteiger partial charge in [0.1, 0.15) is 0 Å². The highest BCUT2D eigenvalue weighted by molar-refractivity contribution is 5.81. The van der Waals surface area contributed by atoms with E-state index in [-0.39, 0.29) is 5.88 Å². The Morgan fingerprint density at radius 2 is 1.81 bits per heavy atom. The summed E-state index contributed by atoms with van der Waals surface area (Å²) in [5, 5.41) is 28.3. The lowest BCUT2D eigenvalue weighted by Gasteiger charge is -2.08. The van der Waals surface area contributed by atoms with Crippen molar-refractivity contribution in [2.45, 2.75) is 0 Å². The van der Waals surface area contributed by atoms with Gasteiger partial charge in [-0.2, -0.15) is 0 Å². The maximum absolute atomic E-state index is 10.8. The maximum Gasteiger partial charge on any atom is 0.242 e. The fraction of sp³-hybridized carbons (Fsp3) is 0. The smallest absolute Gasteiger partial charge is 0.242 e. The normalized spacial score (nSPS) is 10.2. The van der Waals surface area contributed by atoms with Gasteiger partial charge in [0.2, 0.25) is 11.8 Å². The molecule has 1 heterocycles. The minimum absolute atomic E-state index is 0.295. The molecule has 0 aliphatic carbocycles.